The molecule has 4 nitrogen and oxygen atoms in total. The van der Waals surface area contributed by atoms with Gasteiger partial charge in [-0.2, -0.15) is 0 Å². The third-order valence-electron chi connectivity index (χ3n) is 11.0. The molecule has 0 amide bonds. The maximum atomic E-state index is 12.9. The van der Waals surface area contributed by atoms with Crippen molar-refractivity contribution in [2.45, 2.75) is 257 Å². The summed E-state index contributed by atoms with van der Waals surface area (Å²) in [6, 6.07) is 0. The van der Waals surface area contributed by atoms with Gasteiger partial charge in [-0.3, -0.25) is 4.79 Å². The molecule has 3 atom stereocenters. The van der Waals surface area contributed by atoms with Crippen LogP contribution in [0.1, 0.15) is 245 Å². The maximum absolute atomic E-state index is 12.9. The van der Waals surface area contributed by atoms with Gasteiger partial charge in [-0.15, -0.1) is 0 Å². The molecular formula is C49H95NO3P2. The van der Waals surface area contributed by atoms with Crippen molar-refractivity contribution < 1.29 is 19.2 Å². The minimum Gasteiger partial charge on any atom is -0.396 e. The van der Waals surface area contributed by atoms with Crippen LogP contribution in [0.2, 0.25) is 0 Å². The van der Waals surface area contributed by atoms with Gasteiger partial charge >= 0.3 is 0 Å². The van der Waals surface area contributed by atoms with Crippen LogP contribution in [0.3, 0.4) is 0 Å². The van der Waals surface area contributed by atoms with Gasteiger partial charge in [0, 0.05) is 6.42 Å². The Bertz CT molecular complexity index is 899. The summed E-state index contributed by atoms with van der Waals surface area (Å²) in [7, 11) is 6.65. The van der Waals surface area contributed by atoms with Crippen LogP contribution in [0.25, 0.3) is 0 Å². The van der Waals surface area contributed by atoms with E-state index in [1.165, 1.54) is 193 Å². The van der Waals surface area contributed by atoms with Gasteiger partial charge in [-0.25, -0.2) is 0 Å². The molecule has 0 aromatic heterocycles. The van der Waals surface area contributed by atoms with E-state index >= 15 is 0 Å². The Morgan fingerprint density at radius 1 is 0.473 bits per heavy atom. The van der Waals surface area contributed by atoms with Crippen LogP contribution in [0.5, 0.6) is 0 Å². The second kappa shape index (κ2) is 41.7. The molecule has 0 aliphatic rings. The Morgan fingerprint density at radius 2 is 0.764 bits per heavy atom. The quantitative estimate of drug-likeness (QED) is 0.0289. The fraction of sp³-hybridized carbons (Fsp3) is 0.878. The molecule has 0 saturated heterocycles. The van der Waals surface area contributed by atoms with Crippen molar-refractivity contribution in [2.75, 3.05) is 21.1 Å². The number of likely N-dealkylation sites (N-methyl/N-ethyl adjacent to an activating group) is 1. The average Bonchev–Trinajstić information content (AvgIpc) is 3.15. The molecule has 0 aromatic carbocycles. The van der Waals surface area contributed by atoms with E-state index in [0.29, 0.717) is 25.9 Å². The van der Waals surface area contributed by atoms with Crippen LogP contribution in [-0.2, 0) is 9.59 Å². The largest absolute Gasteiger partial charge is 0.396 e. The first-order valence-electron chi connectivity index (χ1n) is 24.0. The van der Waals surface area contributed by atoms with Gasteiger partial charge in [-0.1, -0.05) is 192 Å². The van der Waals surface area contributed by atoms with E-state index in [1.54, 1.807) is 0 Å². The molecule has 55 heavy (non-hydrogen) atoms. The van der Waals surface area contributed by atoms with Crippen molar-refractivity contribution in [2.24, 2.45) is 0 Å². The standard InChI is InChI=1S/C49H95NO3P2/c1-6-8-10-12-14-16-18-20-22-24-26-28-30-32-34-36-38-40-42-44-46(51)54-48(50(3,4)5)49(53)55-47(52)45-43-41-39-37-35-33-31-29-27-25-23-21-19-17-15-13-11-9-7-2/h20-23,48-49,53,55H,6-19,24-45H2,1-5H3/b22-20-,23-21-. The molecule has 0 bridgehead atoms. The van der Waals surface area contributed by atoms with Crippen LogP contribution >= 0.6 is 17.2 Å². The fourth-order valence-electron chi connectivity index (χ4n) is 7.31. The number of nitrogens with zero attached hydrogens (tertiary/aromatic N) is 1. The van der Waals surface area contributed by atoms with E-state index in [1.807, 2.05) is 21.1 Å². The zero-order chi connectivity index (χ0) is 40.5. The summed E-state index contributed by atoms with van der Waals surface area (Å²) in [5.41, 5.74) is 0.385. The number of rotatable bonds is 44. The van der Waals surface area contributed by atoms with Crippen LogP contribution in [-0.4, -0.2) is 53.4 Å². The minimum absolute atomic E-state index is 0.122. The number of hydrogen-bond acceptors (Lipinski definition) is 3. The Kier molecular flexibility index (Phi) is 41.4. The second-order valence-electron chi connectivity index (χ2n) is 17.6. The van der Waals surface area contributed by atoms with Gasteiger partial charge in [0.1, 0.15) is 5.85 Å². The summed E-state index contributed by atoms with van der Waals surface area (Å²) in [6.45, 7) is 4.56. The molecule has 0 rings (SSSR count). The fourth-order valence-corrected chi connectivity index (χ4v) is 10.1. The summed E-state index contributed by atoms with van der Waals surface area (Å²) in [5.74, 6) is -0.984. The Morgan fingerprint density at radius 3 is 1.09 bits per heavy atom. The molecule has 0 fully saturated rings. The molecule has 0 saturated carbocycles. The minimum atomic E-state index is -0.741. The third-order valence-corrected chi connectivity index (χ3v) is 14.2. The Labute approximate surface area is 348 Å². The lowest BCUT2D eigenvalue weighted by molar-refractivity contribution is -0.883. The molecule has 0 aromatic rings. The molecule has 0 heterocycles. The number of quaternary nitrogens is 1. The number of aliphatic hydroxyl groups is 1. The molecule has 0 aliphatic heterocycles. The predicted molar refractivity (Wildman–Crippen MR) is 249 cm³/mol. The highest BCUT2D eigenvalue weighted by atomic mass is 31.1. The van der Waals surface area contributed by atoms with Gasteiger partial charge in [0.05, 0.1) is 21.1 Å². The van der Waals surface area contributed by atoms with Crippen molar-refractivity contribution in [3.63, 3.8) is 0 Å². The van der Waals surface area contributed by atoms with Crippen molar-refractivity contribution >= 4 is 28.2 Å². The lowest BCUT2D eigenvalue weighted by Gasteiger charge is -2.45. The number of carbonyl (C=O) groups excluding carboxylic acids is 2. The first-order valence-corrected chi connectivity index (χ1v) is 26.1. The van der Waals surface area contributed by atoms with E-state index < -0.39 is 5.85 Å². The van der Waals surface area contributed by atoms with Crippen molar-refractivity contribution in [1.29, 1.82) is 0 Å². The molecule has 0 spiro atoms. The van der Waals surface area contributed by atoms with Crippen molar-refractivity contribution in [1.82, 2.24) is 0 Å². The number of unbranched alkanes of at least 4 members (excludes halogenated alkanes) is 30. The van der Waals surface area contributed by atoms with Crippen molar-refractivity contribution in [3.8, 4) is 0 Å². The van der Waals surface area contributed by atoms with Crippen LogP contribution in [0, 0.1) is 0 Å². The monoisotopic (exact) mass is 808 g/mol. The zero-order valence-corrected chi connectivity index (χ0v) is 39.5. The van der Waals surface area contributed by atoms with Gasteiger partial charge in [0.25, 0.3) is 0 Å². The predicted octanol–water partition coefficient (Wildman–Crippen LogP) is 16.2. The Hall–Kier alpha value is -0.400. The first kappa shape index (κ1) is 54.6. The number of hydrogen-bond donors (Lipinski definition) is 1. The van der Waals surface area contributed by atoms with Gasteiger partial charge in [0.15, 0.2) is 5.52 Å². The van der Waals surface area contributed by atoms with E-state index in [-0.39, 0.29) is 25.4 Å². The van der Waals surface area contributed by atoms with Crippen LogP contribution in [0.4, 0.5) is 0 Å². The molecule has 324 valence electrons. The number of allylic oxidation sites excluding steroid dienone is 4. The van der Waals surface area contributed by atoms with E-state index in [9.17, 15) is 14.7 Å². The molecule has 1 N–H and O–H groups in total. The molecule has 0 aliphatic carbocycles. The second-order valence-corrected chi connectivity index (χ2v) is 20.3. The lowest BCUT2D eigenvalue weighted by atomic mass is 10.1. The molecule has 6 heteroatoms. The molecular weight excluding hydrogens is 712 g/mol. The lowest BCUT2D eigenvalue weighted by Crippen LogP contribution is -2.48. The first-order chi connectivity index (χ1) is 26.7. The number of aliphatic hydroxyl groups excluding tert-OH is 1. The highest BCUT2D eigenvalue weighted by Crippen LogP contribution is 2.38. The summed E-state index contributed by atoms with van der Waals surface area (Å²) < 4.78 is 0.500. The van der Waals surface area contributed by atoms with E-state index in [0.717, 1.165) is 25.7 Å². The highest BCUT2D eigenvalue weighted by molar-refractivity contribution is 7.62. The summed E-state index contributed by atoms with van der Waals surface area (Å²) in [5, 5.41) is 11.1. The average molecular weight is 808 g/mol. The van der Waals surface area contributed by atoms with Crippen LogP contribution in [0.15, 0.2) is 24.3 Å². The summed E-state index contributed by atoms with van der Waals surface area (Å²) in [4.78, 5) is 25.7. The SMILES string of the molecule is CCCCCCCC/C=C\CCCCCCCCCCCC(=O)[P-]C(C(O)PC(=O)CCCCCCCCCCC/C=C\CCCCCCCC)[N+](C)(C)C. The summed E-state index contributed by atoms with van der Waals surface area (Å²) in [6.07, 6.45) is 54.6. The maximum Gasteiger partial charge on any atom is 0.154 e. The van der Waals surface area contributed by atoms with Crippen molar-refractivity contribution in [3.05, 3.63) is 24.3 Å². The number of carbonyl (C=O) groups is 2. The highest BCUT2D eigenvalue weighted by Gasteiger charge is 2.26. The topological polar surface area (TPSA) is 54.4 Å². The van der Waals surface area contributed by atoms with Gasteiger partial charge in [0.2, 0.25) is 0 Å². The van der Waals surface area contributed by atoms with Crippen LogP contribution < -0.4 is 0 Å². The normalized spacial score (nSPS) is 13.8. The molecule has 0 radical (unpaired) electrons. The van der Waals surface area contributed by atoms with E-state index in [2.05, 4.69) is 38.2 Å². The van der Waals surface area contributed by atoms with E-state index in [4.69, 9.17) is 0 Å². The zero-order valence-electron chi connectivity index (χ0n) is 37.6. The third kappa shape index (κ3) is 40.2. The smallest absolute Gasteiger partial charge is 0.154 e. The van der Waals surface area contributed by atoms with Gasteiger partial charge in [-0.05, 0) is 90.5 Å². The molecule has 3 unspecified atom stereocenters. The van der Waals surface area contributed by atoms with Gasteiger partial charge < -0.3 is 23.0 Å². The Balaban J connectivity index is 3.81. The summed E-state index contributed by atoms with van der Waals surface area (Å²) >= 11 is 0.